The van der Waals surface area contributed by atoms with Gasteiger partial charge in [0.25, 0.3) is 0 Å². The maximum atomic E-state index is 9.32. The van der Waals surface area contributed by atoms with Gasteiger partial charge in [-0.1, -0.05) is 19.9 Å². The van der Waals surface area contributed by atoms with E-state index in [0.717, 1.165) is 6.42 Å². The summed E-state index contributed by atoms with van der Waals surface area (Å²) in [6, 6.07) is 0. The van der Waals surface area contributed by atoms with Crippen LogP contribution in [0.1, 0.15) is 20.3 Å². The number of hydrogen-bond donors (Lipinski definition) is 2. The third-order valence-electron chi connectivity index (χ3n) is 1.98. The van der Waals surface area contributed by atoms with Gasteiger partial charge in [0.1, 0.15) is 0 Å². The summed E-state index contributed by atoms with van der Waals surface area (Å²) in [6.07, 6.45) is 1.94. The summed E-state index contributed by atoms with van der Waals surface area (Å²) in [4.78, 5) is 0. The van der Waals surface area contributed by atoms with E-state index in [2.05, 4.69) is 6.58 Å². The molecule has 0 aliphatic carbocycles. The second-order valence-electron chi connectivity index (χ2n) is 3.18. The van der Waals surface area contributed by atoms with Crippen molar-refractivity contribution in [3.8, 4) is 0 Å². The SMILES string of the molecule is C=CCC(C(C)C)[C@@H](O)CO. The molecule has 0 aliphatic heterocycles. The summed E-state index contributed by atoms with van der Waals surface area (Å²) < 4.78 is 0. The van der Waals surface area contributed by atoms with Gasteiger partial charge in [-0.05, 0) is 18.3 Å². The van der Waals surface area contributed by atoms with Crippen LogP contribution >= 0.6 is 0 Å². The molecule has 0 aromatic heterocycles. The number of hydrogen-bond acceptors (Lipinski definition) is 2. The molecule has 0 aromatic rings. The van der Waals surface area contributed by atoms with Crippen molar-refractivity contribution in [2.45, 2.75) is 26.4 Å². The molecule has 0 rings (SSSR count). The standard InChI is InChI=1S/C9H18O2/c1-4-5-8(7(2)3)9(11)6-10/h4,7-11H,1,5-6H2,2-3H3/t8?,9-/m0/s1. The lowest BCUT2D eigenvalue weighted by Gasteiger charge is -2.23. The zero-order chi connectivity index (χ0) is 8.85. The summed E-state index contributed by atoms with van der Waals surface area (Å²) in [7, 11) is 0. The van der Waals surface area contributed by atoms with Gasteiger partial charge >= 0.3 is 0 Å². The number of rotatable bonds is 5. The van der Waals surface area contributed by atoms with Crippen molar-refractivity contribution in [1.82, 2.24) is 0 Å². The molecule has 0 radical (unpaired) electrons. The first-order valence-corrected chi connectivity index (χ1v) is 4.03. The minimum absolute atomic E-state index is 0.137. The van der Waals surface area contributed by atoms with E-state index in [0.29, 0.717) is 5.92 Å². The molecular weight excluding hydrogens is 140 g/mol. The lowest BCUT2D eigenvalue weighted by Crippen LogP contribution is -2.27. The third kappa shape index (κ3) is 3.54. The fraction of sp³-hybridized carbons (Fsp3) is 0.778. The summed E-state index contributed by atoms with van der Waals surface area (Å²) in [5.74, 6) is 0.521. The molecule has 0 aliphatic rings. The molecule has 0 bridgehead atoms. The van der Waals surface area contributed by atoms with E-state index >= 15 is 0 Å². The highest BCUT2D eigenvalue weighted by Gasteiger charge is 2.19. The molecule has 0 fully saturated rings. The molecule has 0 aromatic carbocycles. The summed E-state index contributed by atoms with van der Waals surface area (Å²) in [5.41, 5.74) is 0. The third-order valence-corrected chi connectivity index (χ3v) is 1.98. The van der Waals surface area contributed by atoms with Crippen LogP contribution in [0.5, 0.6) is 0 Å². The Kier molecular flexibility index (Phi) is 5.16. The van der Waals surface area contributed by atoms with Crippen molar-refractivity contribution in [1.29, 1.82) is 0 Å². The molecule has 0 saturated heterocycles. The predicted molar refractivity (Wildman–Crippen MR) is 46.2 cm³/mol. The van der Waals surface area contributed by atoms with Crippen molar-refractivity contribution < 1.29 is 10.2 Å². The van der Waals surface area contributed by atoms with Gasteiger partial charge in [-0.3, -0.25) is 0 Å². The molecule has 0 spiro atoms. The van der Waals surface area contributed by atoms with Crippen LogP contribution in [0.15, 0.2) is 12.7 Å². The van der Waals surface area contributed by atoms with Crippen LogP contribution in [-0.4, -0.2) is 22.9 Å². The van der Waals surface area contributed by atoms with Crippen LogP contribution in [-0.2, 0) is 0 Å². The highest BCUT2D eigenvalue weighted by molar-refractivity contribution is 4.79. The summed E-state index contributed by atoms with van der Waals surface area (Å²) in [5, 5.41) is 18.0. The quantitative estimate of drug-likeness (QED) is 0.590. The number of allylic oxidation sites excluding steroid dienone is 1. The average molecular weight is 158 g/mol. The Bertz CT molecular complexity index is 110. The first kappa shape index (κ1) is 10.7. The average Bonchev–Trinajstić information content (AvgIpc) is 1.98. The van der Waals surface area contributed by atoms with Crippen LogP contribution in [0.3, 0.4) is 0 Å². The van der Waals surface area contributed by atoms with Gasteiger partial charge in [0, 0.05) is 0 Å². The Balaban J connectivity index is 3.96. The van der Waals surface area contributed by atoms with E-state index < -0.39 is 6.10 Å². The van der Waals surface area contributed by atoms with E-state index in [-0.39, 0.29) is 12.5 Å². The van der Waals surface area contributed by atoms with Gasteiger partial charge in [0.2, 0.25) is 0 Å². The Hall–Kier alpha value is -0.340. The van der Waals surface area contributed by atoms with Gasteiger partial charge in [0.15, 0.2) is 0 Å². The first-order chi connectivity index (χ1) is 5.13. The monoisotopic (exact) mass is 158 g/mol. The first-order valence-electron chi connectivity index (χ1n) is 4.03. The highest BCUT2D eigenvalue weighted by Crippen LogP contribution is 2.19. The summed E-state index contributed by atoms with van der Waals surface area (Å²) >= 11 is 0. The van der Waals surface area contributed by atoms with Crippen molar-refractivity contribution in [3.05, 3.63) is 12.7 Å². The Labute approximate surface area is 68.6 Å². The topological polar surface area (TPSA) is 40.5 Å². The molecular formula is C9H18O2. The molecule has 2 atom stereocenters. The second-order valence-corrected chi connectivity index (χ2v) is 3.18. The number of aliphatic hydroxyl groups excluding tert-OH is 2. The normalized spacial score (nSPS) is 16.5. The molecule has 2 nitrogen and oxygen atoms in total. The summed E-state index contributed by atoms with van der Waals surface area (Å²) in [6.45, 7) is 7.52. The Morgan fingerprint density at radius 3 is 2.27 bits per heavy atom. The van der Waals surface area contributed by atoms with E-state index in [9.17, 15) is 5.11 Å². The highest BCUT2D eigenvalue weighted by atomic mass is 16.3. The van der Waals surface area contributed by atoms with Crippen molar-refractivity contribution >= 4 is 0 Å². The van der Waals surface area contributed by atoms with E-state index in [4.69, 9.17) is 5.11 Å². The molecule has 2 heteroatoms. The minimum atomic E-state index is -0.604. The van der Waals surface area contributed by atoms with Gasteiger partial charge in [0.05, 0.1) is 12.7 Å². The van der Waals surface area contributed by atoms with E-state index in [1.54, 1.807) is 6.08 Å². The maximum absolute atomic E-state index is 9.32. The maximum Gasteiger partial charge on any atom is 0.0804 e. The van der Waals surface area contributed by atoms with E-state index in [1.807, 2.05) is 13.8 Å². The largest absolute Gasteiger partial charge is 0.394 e. The fourth-order valence-corrected chi connectivity index (χ4v) is 1.20. The van der Waals surface area contributed by atoms with Crippen LogP contribution in [0, 0.1) is 11.8 Å². The molecule has 0 amide bonds. The molecule has 2 N–H and O–H groups in total. The van der Waals surface area contributed by atoms with Crippen LogP contribution in [0.4, 0.5) is 0 Å². The van der Waals surface area contributed by atoms with Crippen LogP contribution in [0.25, 0.3) is 0 Å². The zero-order valence-corrected chi connectivity index (χ0v) is 7.33. The molecule has 0 heterocycles. The lowest BCUT2D eigenvalue weighted by molar-refractivity contribution is 0.0303. The Morgan fingerprint density at radius 2 is 2.00 bits per heavy atom. The van der Waals surface area contributed by atoms with Crippen molar-refractivity contribution in [2.75, 3.05) is 6.61 Å². The van der Waals surface area contributed by atoms with Gasteiger partial charge in [-0.25, -0.2) is 0 Å². The van der Waals surface area contributed by atoms with Gasteiger partial charge in [-0.15, -0.1) is 6.58 Å². The molecule has 66 valence electrons. The fourth-order valence-electron chi connectivity index (χ4n) is 1.20. The van der Waals surface area contributed by atoms with Crippen LogP contribution < -0.4 is 0 Å². The molecule has 1 unspecified atom stereocenters. The molecule has 11 heavy (non-hydrogen) atoms. The minimum Gasteiger partial charge on any atom is -0.394 e. The molecule has 0 saturated carbocycles. The van der Waals surface area contributed by atoms with Crippen molar-refractivity contribution in [3.63, 3.8) is 0 Å². The smallest absolute Gasteiger partial charge is 0.0804 e. The van der Waals surface area contributed by atoms with Gasteiger partial charge in [-0.2, -0.15) is 0 Å². The second kappa shape index (κ2) is 5.33. The zero-order valence-electron chi connectivity index (χ0n) is 7.33. The Morgan fingerprint density at radius 1 is 1.45 bits per heavy atom. The lowest BCUT2D eigenvalue weighted by atomic mass is 9.88. The van der Waals surface area contributed by atoms with Crippen molar-refractivity contribution in [2.24, 2.45) is 11.8 Å². The predicted octanol–water partition coefficient (Wildman–Crippen LogP) is 1.19. The van der Waals surface area contributed by atoms with Crippen LogP contribution in [0.2, 0.25) is 0 Å². The number of aliphatic hydroxyl groups is 2. The van der Waals surface area contributed by atoms with E-state index in [1.165, 1.54) is 0 Å². The van der Waals surface area contributed by atoms with Gasteiger partial charge < -0.3 is 10.2 Å².